The summed E-state index contributed by atoms with van der Waals surface area (Å²) in [5.74, 6) is 1.29. The third-order valence-electron chi connectivity index (χ3n) is 3.53. The van der Waals surface area contributed by atoms with Crippen molar-refractivity contribution < 1.29 is 4.74 Å². The predicted molar refractivity (Wildman–Crippen MR) is 72.0 cm³/mol. The summed E-state index contributed by atoms with van der Waals surface area (Å²) in [6.07, 6.45) is 7.50. The summed E-state index contributed by atoms with van der Waals surface area (Å²) in [5.41, 5.74) is 1.42. The van der Waals surface area contributed by atoms with Crippen molar-refractivity contribution in [1.29, 1.82) is 0 Å². The molecule has 3 unspecified atom stereocenters. The van der Waals surface area contributed by atoms with Crippen molar-refractivity contribution in [2.24, 2.45) is 11.8 Å². The Morgan fingerprint density at radius 1 is 1.12 bits per heavy atom. The summed E-state index contributed by atoms with van der Waals surface area (Å²) >= 11 is 0. The first-order valence-electron chi connectivity index (χ1n) is 6.77. The van der Waals surface area contributed by atoms with Crippen LogP contribution in [0, 0.1) is 11.8 Å². The van der Waals surface area contributed by atoms with E-state index in [0.29, 0.717) is 17.9 Å². The van der Waals surface area contributed by atoms with Crippen molar-refractivity contribution in [3.63, 3.8) is 0 Å². The van der Waals surface area contributed by atoms with Crippen molar-refractivity contribution in [3.05, 3.63) is 48.0 Å². The molecule has 0 aromatic heterocycles. The second-order valence-corrected chi connectivity index (χ2v) is 4.53. The lowest BCUT2D eigenvalue weighted by molar-refractivity contribution is 0.0736. The van der Waals surface area contributed by atoms with Crippen molar-refractivity contribution in [2.45, 2.75) is 32.8 Å². The van der Waals surface area contributed by atoms with Crippen LogP contribution in [-0.4, -0.2) is 12.7 Å². The van der Waals surface area contributed by atoms with Gasteiger partial charge in [-0.3, -0.25) is 0 Å². The highest BCUT2D eigenvalue weighted by atomic mass is 16.5. The molecule has 0 saturated carbocycles. The van der Waals surface area contributed by atoms with E-state index in [-0.39, 0.29) is 0 Å². The van der Waals surface area contributed by atoms with Crippen molar-refractivity contribution in [1.82, 2.24) is 0 Å². The Morgan fingerprint density at radius 3 is 2.65 bits per heavy atom. The molecule has 3 atom stereocenters. The van der Waals surface area contributed by atoms with Crippen LogP contribution in [-0.2, 0) is 11.2 Å². The Kier molecular flexibility index (Phi) is 4.38. The van der Waals surface area contributed by atoms with E-state index in [4.69, 9.17) is 4.74 Å². The highest BCUT2D eigenvalue weighted by Crippen LogP contribution is 2.36. The molecular formula is C16H22O. The quantitative estimate of drug-likeness (QED) is 0.701. The molecule has 3 rings (SSSR count). The monoisotopic (exact) mass is 230 g/mol. The van der Waals surface area contributed by atoms with E-state index in [9.17, 15) is 0 Å². The number of hydrogen-bond acceptors (Lipinski definition) is 1. The number of ether oxygens (including phenoxy) is 1. The lowest BCUT2D eigenvalue weighted by Crippen LogP contribution is -2.20. The summed E-state index contributed by atoms with van der Waals surface area (Å²) in [6, 6.07) is 10.7. The van der Waals surface area contributed by atoms with E-state index in [2.05, 4.69) is 42.5 Å². The second-order valence-electron chi connectivity index (χ2n) is 4.53. The normalized spacial score (nSPS) is 29.6. The van der Waals surface area contributed by atoms with Crippen molar-refractivity contribution >= 4 is 0 Å². The van der Waals surface area contributed by atoms with E-state index >= 15 is 0 Å². The number of benzene rings is 1. The summed E-state index contributed by atoms with van der Waals surface area (Å²) in [7, 11) is 0. The number of hydrogen-bond donors (Lipinski definition) is 0. The van der Waals surface area contributed by atoms with Gasteiger partial charge in [-0.15, -0.1) is 0 Å². The number of fused-ring (bicyclic) bond motifs is 1. The van der Waals surface area contributed by atoms with Crippen LogP contribution < -0.4 is 0 Å². The Labute approximate surface area is 104 Å². The molecule has 1 saturated heterocycles. The van der Waals surface area contributed by atoms with E-state index in [1.54, 1.807) is 0 Å². The topological polar surface area (TPSA) is 9.23 Å². The molecule has 1 heterocycles. The maximum Gasteiger partial charge on any atom is 0.0704 e. The molecule has 1 heteroatoms. The molecule has 0 bridgehead atoms. The van der Waals surface area contributed by atoms with Gasteiger partial charge in [0.05, 0.1) is 6.10 Å². The summed E-state index contributed by atoms with van der Waals surface area (Å²) < 4.78 is 5.80. The third-order valence-corrected chi connectivity index (χ3v) is 3.53. The molecule has 1 aromatic carbocycles. The van der Waals surface area contributed by atoms with Crippen LogP contribution in [0.25, 0.3) is 0 Å². The van der Waals surface area contributed by atoms with Crippen LogP contribution >= 0.6 is 0 Å². The molecule has 1 aliphatic carbocycles. The first-order valence-corrected chi connectivity index (χ1v) is 6.77. The van der Waals surface area contributed by atoms with E-state index in [1.807, 2.05) is 13.8 Å². The highest BCUT2D eigenvalue weighted by molar-refractivity contribution is 5.19. The Morgan fingerprint density at radius 2 is 1.88 bits per heavy atom. The smallest absolute Gasteiger partial charge is 0.0704 e. The van der Waals surface area contributed by atoms with Crippen LogP contribution in [0.1, 0.15) is 25.8 Å². The zero-order valence-electron chi connectivity index (χ0n) is 10.8. The summed E-state index contributed by atoms with van der Waals surface area (Å²) in [4.78, 5) is 0. The van der Waals surface area contributed by atoms with E-state index in [0.717, 1.165) is 13.0 Å². The van der Waals surface area contributed by atoms with Gasteiger partial charge in [0.2, 0.25) is 0 Å². The highest BCUT2D eigenvalue weighted by Gasteiger charge is 2.36. The van der Waals surface area contributed by atoms with Crippen LogP contribution in [0.5, 0.6) is 0 Å². The second kappa shape index (κ2) is 6.02. The van der Waals surface area contributed by atoms with E-state index in [1.165, 1.54) is 12.0 Å². The van der Waals surface area contributed by atoms with Gasteiger partial charge in [0, 0.05) is 18.4 Å². The molecule has 1 fully saturated rings. The van der Waals surface area contributed by atoms with Gasteiger partial charge in [0.15, 0.2) is 0 Å². The fraction of sp³-hybridized carbons (Fsp3) is 0.500. The summed E-state index contributed by atoms with van der Waals surface area (Å²) in [6.45, 7) is 4.95. The largest absolute Gasteiger partial charge is 0.377 e. The molecule has 17 heavy (non-hydrogen) atoms. The van der Waals surface area contributed by atoms with Gasteiger partial charge in [-0.2, -0.15) is 0 Å². The maximum atomic E-state index is 5.80. The minimum atomic E-state index is 0.463. The predicted octanol–water partition coefficient (Wildman–Crippen LogP) is 3.85. The molecule has 1 aliphatic heterocycles. The minimum absolute atomic E-state index is 0.463. The third kappa shape index (κ3) is 2.78. The molecule has 92 valence electrons. The van der Waals surface area contributed by atoms with Gasteiger partial charge in [-0.05, 0) is 18.4 Å². The van der Waals surface area contributed by atoms with Gasteiger partial charge < -0.3 is 4.74 Å². The van der Waals surface area contributed by atoms with Crippen molar-refractivity contribution in [2.75, 3.05) is 6.61 Å². The molecule has 0 amide bonds. The minimum Gasteiger partial charge on any atom is -0.377 e. The molecule has 0 radical (unpaired) electrons. The molecule has 2 aliphatic rings. The van der Waals surface area contributed by atoms with E-state index < -0.39 is 0 Å². The van der Waals surface area contributed by atoms with Crippen LogP contribution in [0.15, 0.2) is 42.5 Å². The molecular weight excluding hydrogens is 208 g/mol. The lowest BCUT2D eigenvalue weighted by atomic mass is 9.93. The number of rotatable bonds is 2. The zero-order chi connectivity index (χ0) is 12.1. The van der Waals surface area contributed by atoms with Gasteiger partial charge in [-0.25, -0.2) is 0 Å². The first-order chi connectivity index (χ1) is 8.43. The SMILES string of the molecule is C1=CC(Cc2ccccc2)C2OCCC12.CC. The van der Waals surface area contributed by atoms with Gasteiger partial charge in [-0.1, -0.05) is 56.3 Å². The molecule has 1 aromatic rings. The van der Waals surface area contributed by atoms with Crippen LogP contribution in [0.2, 0.25) is 0 Å². The Bertz CT molecular complexity index is 355. The Hall–Kier alpha value is -1.08. The Balaban J connectivity index is 0.000000514. The average Bonchev–Trinajstić information content (AvgIpc) is 2.98. The fourth-order valence-electron chi connectivity index (χ4n) is 2.74. The average molecular weight is 230 g/mol. The lowest BCUT2D eigenvalue weighted by Gasteiger charge is -2.17. The molecule has 0 N–H and O–H groups in total. The molecule has 0 spiro atoms. The standard InChI is InChI=1S/C14H16O.C2H6/c1-2-4-11(5-3-1)10-13-7-6-12-8-9-15-14(12)13;1-2/h1-7,12-14H,8-10H2;1-2H3. The molecule has 1 nitrogen and oxygen atoms in total. The van der Waals surface area contributed by atoms with Crippen molar-refractivity contribution in [3.8, 4) is 0 Å². The zero-order valence-corrected chi connectivity index (χ0v) is 10.8. The maximum absolute atomic E-state index is 5.80. The van der Waals surface area contributed by atoms with Gasteiger partial charge >= 0.3 is 0 Å². The summed E-state index contributed by atoms with van der Waals surface area (Å²) in [5, 5.41) is 0. The van der Waals surface area contributed by atoms with Crippen LogP contribution in [0.4, 0.5) is 0 Å². The fourth-order valence-corrected chi connectivity index (χ4v) is 2.74. The van der Waals surface area contributed by atoms with Crippen LogP contribution in [0.3, 0.4) is 0 Å². The van der Waals surface area contributed by atoms with Gasteiger partial charge in [0.1, 0.15) is 0 Å². The first kappa shape index (κ1) is 12.4. The van der Waals surface area contributed by atoms with Gasteiger partial charge in [0.25, 0.3) is 0 Å².